The smallest absolute Gasteiger partial charge is 0.407 e. The van der Waals surface area contributed by atoms with Crippen LogP contribution in [0.5, 0.6) is 0 Å². The molecule has 0 aliphatic rings. The third kappa shape index (κ3) is 5.38. The summed E-state index contributed by atoms with van der Waals surface area (Å²) in [6, 6.07) is 3.52. The number of amides is 1. The molecule has 0 spiro atoms. The first-order valence-electron chi connectivity index (χ1n) is 5.80. The number of ether oxygens (including phenoxy) is 1. The Morgan fingerprint density at radius 1 is 1.44 bits per heavy atom. The second kappa shape index (κ2) is 6.09. The Kier molecular flexibility index (Phi) is 4.76. The first-order valence-corrected chi connectivity index (χ1v) is 5.80. The zero-order valence-electron chi connectivity index (χ0n) is 11.0. The lowest BCUT2D eigenvalue weighted by molar-refractivity contribution is 0.0530. The highest BCUT2D eigenvalue weighted by atomic mass is 16.6. The number of anilines is 2. The minimum atomic E-state index is -0.483. The third-order valence-corrected chi connectivity index (χ3v) is 1.92. The fourth-order valence-electron chi connectivity index (χ4n) is 1.23. The maximum Gasteiger partial charge on any atom is 0.407 e. The molecule has 18 heavy (non-hydrogen) atoms. The summed E-state index contributed by atoms with van der Waals surface area (Å²) in [7, 11) is 0. The zero-order chi connectivity index (χ0) is 13.6. The van der Waals surface area contributed by atoms with Crippen LogP contribution in [0, 0.1) is 0 Å². The highest BCUT2D eigenvalue weighted by Crippen LogP contribution is 2.11. The van der Waals surface area contributed by atoms with Crippen LogP contribution in [-0.4, -0.2) is 29.8 Å². The summed E-state index contributed by atoms with van der Waals surface area (Å²) in [5.74, 6) is 0.614. The third-order valence-electron chi connectivity index (χ3n) is 1.92. The Balaban J connectivity index is 2.23. The molecular weight excluding hydrogens is 232 g/mol. The van der Waals surface area contributed by atoms with Crippen molar-refractivity contribution in [2.75, 3.05) is 24.1 Å². The fraction of sp³-hybridized carbons (Fsp3) is 0.500. The van der Waals surface area contributed by atoms with Crippen LogP contribution in [0.25, 0.3) is 0 Å². The van der Waals surface area contributed by atoms with Crippen LogP contribution < -0.4 is 16.4 Å². The van der Waals surface area contributed by atoms with Crippen LogP contribution in [0.3, 0.4) is 0 Å². The van der Waals surface area contributed by atoms with E-state index < -0.39 is 11.7 Å². The number of alkyl carbamates (subject to hydrolysis) is 1. The van der Waals surface area contributed by atoms with E-state index in [9.17, 15) is 4.79 Å². The number of carbonyl (C=O) groups is 1. The van der Waals surface area contributed by atoms with Crippen LogP contribution in [-0.2, 0) is 4.74 Å². The molecule has 1 rings (SSSR count). The highest BCUT2D eigenvalue weighted by molar-refractivity contribution is 5.67. The number of carbonyl (C=O) groups excluding carboxylic acids is 1. The second-order valence-corrected chi connectivity index (χ2v) is 4.80. The van der Waals surface area contributed by atoms with Crippen LogP contribution >= 0.6 is 0 Å². The van der Waals surface area contributed by atoms with Crippen molar-refractivity contribution >= 4 is 17.6 Å². The number of hydrogen-bond acceptors (Lipinski definition) is 5. The predicted octanol–water partition coefficient (Wildman–Crippen LogP) is 1.60. The van der Waals surface area contributed by atoms with E-state index >= 15 is 0 Å². The maximum absolute atomic E-state index is 11.3. The Hall–Kier alpha value is -1.98. The monoisotopic (exact) mass is 252 g/mol. The molecule has 0 aliphatic carbocycles. The molecule has 1 amide bonds. The average molecular weight is 252 g/mol. The van der Waals surface area contributed by atoms with Gasteiger partial charge in [0.05, 0.1) is 5.69 Å². The van der Waals surface area contributed by atoms with E-state index in [-0.39, 0.29) is 0 Å². The molecule has 100 valence electrons. The Bertz CT molecular complexity index is 401. The number of nitrogens with one attached hydrogen (secondary N) is 2. The molecule has 0 saturated carbocycles. The number of nitrogen functional groups attached to an aromatic ring is 1. The molecule has 0 aromatic carbocycles. The summed E-state index contributed by atoms with van der Waals surface area (Å²) in [4.78, 5) is 15.4. The van der Waals surface area contributed by atoms with Crippen molar-refractivity contribution in [3.63, 3.8) is 0 Å². The summed E-state index contributed by atoms with van der Waals surface area (Å²) < 4.78 is 5.10. The van der Waals surface area contributed by atoms with Gasteiger partial charge in [0.25, 0.3) is 0 Å². The van der Waals surface area contributed by atoms with Gasteiger partial charge in [0.2, 0.25) is 0 Å². The quantitative estimate of drug-likeness (QED) is 0.708. The van der Waals surface area contributed by atoms with Crippen molar-refractivity contribution in [3.05, 3.63) is 18.3 Å². The molecule has 4 N–H and O–H groups in total. The van der Waals surface area contributed by atoms with Crippen LogP contribution in [0.15, 0.2) is 18.3 Å². The lowest BCUT2D eigenvalue weighted by Gasteiger charge is -2.19. The lowest BCUT2D eigenvalue weighted by atomic mass is 10.2. The van der Waals surface area contributed by atoms with Gasteiger partial charge in [-0.2, -0.15) is 0 Å². The van der Waals surface area contributed by atoms with Crippen LogP contribution in [0.4, 0.5) is 16.3 Å². The van der Waals surface area contributed by atoms with Gasteiger partial charge in [-0.05, 0) is 32.9 Å². The average Bonchev–Trinajstić information content (AvgIpc) is 2.24. The minimum absolute atomic E-state index is 0.432. The number of pyridine rings is 1. The van der Waals surface area contributed by atoms with Gasteiger partial charge < -0.3 is 21.1 Å². The van der Waals surface area contributed by atoms with Gasteiger partial charge in [-0.3, -0.25) is 0 Å². The zero-order valence-corrected chi connectivity index (χ0v) is 11.0. The molecule has 6 heteroatoms. The highest BCUT2D eigenvalue weighted by Gasteiger charge is 2.15. The van der Waals surface area contributed by atoms with Gasteiger partial charge in [-0.25, -0.2) is 9.78 Å². The van der Waals surface area contributed by atoms with Crippen molar-refractivity contribution < 1.29 is 9.53 Å². The molecule has 1 aromatic heterocycles. The van der Waals surface area contributed by atoms with E-state index in [1.54, 1.807) is 18.3 Å². The van der Waals surface area contributed by atoms with E-state index in [2.05, 4.69) is 15.6 Å². The SMILES string of the molecule is CC(C)(C)OC(=O)NCCNc1ncccc1N. The van der Waals surface area contributed by atoms with Gasteiger partial charge in [0.1, 0.15) is 11.4 Å². The molecule has 6 nitrogen and oxygen atoms in total. The Morgan fingerprint density at radius 2 is 2.17 bits per heavy atom. The molecule has 1 heterocycles. The maximum atomic E-state index is 11.3. The molecule has 0 fully saturated rings. The largest absolute Gasteiger partial charge is 0.444 e. The van der Waals surface area contributed by atoms with Gasteiger partial charge in [0.15, 0.2) is 0 Å². The molecule has 0 unspecified atom stereocenters. The molecule has 0 saturated heterocycles. The van der Waals surface area contributed by atoms with Gasteiger partial charge in [0, 0.05) is 19.3 Å². The first kappa shape index (κ1) is 14.1. The molecule has 0 radical (unpaired) electrons. The van der Waals surface area contributed by atoms with Crippen LogP contribution in [0.2, 0.25) is 0 Å². The molecule has 0 atom stereocenters. The summed E-state index contributed by atoms with van der Waals surface area (Å²) >= 11 is 0. The van der Waals surface area contributed by atoms with E-state index in [0.29, 0.717) is 24.6 Å². The number of hydrogen-bond donors (Lipinski definition) is 3. The minimum Gasteiger partial charge on any atom is -0.444 e. The molecule has 0 aliphatic heterocycles. The summed E-state index contributed by atoms with van der Waals surface area (Å²) in [6.07, 6.45) is 1.22. The predicted molar refractivity (Wildman–Crippen MR) is 71.4 cm³/mol. The van der Waals surface area contributed by atoms with Crippen LogP contribution in [0.1, 0.15) is 20.8 Å². The normalized spacial score (nSPS) is 10.8. The van der Waals surface area contributed by atoms with Gasteiger partial charge >= 0.3 is 6.09 Å². The van der Waals surface area contributed by atoms with E-state index in [1.807, 2.05) is 20.8 Å². The number of nitrogens with two attached hydrogens (primary N) is 1. The summed E-state index contributed by atoms with van der Waals surface area (Å²) in [6.45, 7) is 6.42. The standard InChI is InChI=1S/C12H20N4O2/c1-12(2,3)18-11(17)16-8-7-15-10-9(13)5-4-6-14-10/h4-6H,7-8,13H2,1-3H3,(H,14,15)(H,16,17). The van der Waals surface area contributed by atoms with Crippen molar-refractivity contribution in [2.45, 2.75) is 26.4 Å². The molecule has 1 aromatic rings. The topological polar surface area (TPSA) is 89.3 Å². The van der Waals surface area contributed by atoms with E-state index in [4.69, 9.17) is 10.5 Å². The Morgan fingerprint density at radius 3 is 2.78 bits per heavy atom. The summed E-state index contributed by atoms with van der Waals surface area (Å²) in [5, 5.41) is 5.66. The van der Waals surface area contributed by atoms with E-state index in [0.717, 1.165) is 0 Å². The van der Waals surface area contributed by atoms with Crippen molar-refractivity contribution in [3.8, 4) is 0 Å². The second-order valence-electron chi connectivity index (χ2n) is 4.80. The fourth-order valence-corrected chi connectivity index (χ4v) is 1.23. The van der Waals surface area contributed by atoms with Gasteiger partial charge in [-0.15, -0.1) is 0 Å². The number of rotatable bonds is 4. The van der Waals surface area contributed by atoms with Crippen molar-refractivity contribution in [1.82, 2.24) is 10.3 Å². The van der Waals surface area contributed by atoms with Gasteiger partial charge in [-0.1, -0.05) is 0 Å². The Labute approximate surface area is 107 Å². The van der Waals surface area contributed by atoms with Crippen molar-refractivity contribution in [1.29, 1.82) is 0 Å². The van der Waals surface area contributed by atoms with E-state index in [1.165, 1.54) is 0 Å². The number of nitrogens with zero attached hydrogens (tertiary/aromatic N) is 1. The summed E-state index contributed by atoms with van der Waals surface area (Å²) in [5.41, 5.74) is 5.80. The molecule has 0 bridgehead atoms. The number of aromatic nitrogens is 1. The van der Waals surface area contributed by atoms with Crippen molar-refractivity contribution in [2.24, 2.45) is 0 Å². The first-order chi connectivity index (χ1) is 8.38. The lowest BCUT2D eigenvalue weighted by Crippen LogP contribution is -2.35. The molecular formula is C12H20N4O2.